The van der Waals surface area contributed by atoms with Crippen LogP contribution in [-0.2, 0) is 22.5 Å². The molecule has 1 aromatic heterocycles. The fourth-order valence-corrected chi connectivity index (χ4v) is 3.01. The first kappa shape index (κ1) is 18.1. The Kier molecular flexibility index (Phi) is 5.68. The van der Waals surface area contributed by atoms with Gasteiger partial charge in [-0.3, -0.25) is 4.79 Å². The third-order valence-corrected chi connectivity index (χ3v) is 4.58. The number of hydrogen-bond acceptors (Lipinski definition) is 3. The Morgan fingerprint density at radius 1 is 1.15 bits per heavy atom. The monoisotopic (exact) mass is 351 g/mol. The van der Waals surface area contributed by atoms with Gasteiger partial charge in [0, 0.05) is 20.1 Å². The third kappa shape index (κ3) is 4.11. The molecule has 0 aliphatic rings. The van der Waals surface area contributed by atoms with Crippen molar-refractivity contribution in [1.82, 2.24) is 14.9 Å². The second-order valence-electron chi connectivity index (χ2n) is 6.54. The van der Waals surface area contributed by atoms with Gasteiger partial charge in [0.1, 0.15) is 12.4 Å². The maximum absolute atomic E-state index is 12.4. The Bertz CT molecular complexity index is 901. The average Bonchev–Trinajstić information content (AvgIpc) is 2.93. The highest BCUT2D eigenvalue weighted by Crippen LogP contribution is 2.22. The molecule has 1 N–H and O–H groups in total. The lowest BCUT2D eigenvalue weighted by Gasteiger charge is -2.11. The number of amides is 1. The molecule has 0 spiro atoms. The van der Waals surface area contributed by atoms with E-state index in [0.29, 0.717) is 19.6 Å². The van der Waals surface area contributed by atoms with Crippen LogP contribution >= 0.6 is 0 Å². The summed E-state index contributed by atoms with van der Waals surface area (Å²) in [6, 6.07) is 14.4. The predicted octanol–water partition coefficient (Wildman–Crippen LogP) is 3.01. The highest BCUT2D eigenvalue weighted by Gasteiger charge is 2.15. The van der Waals surface area contributed by atoms with Gasteiger partial charge in [-0.2, -0.15) is 0 Å². The first-order chi connectivity index (χ1) is 12.6. The molecule has 0 bridgehead atoms. The Morgan fingerprint density at radius 3 is 2.62 bits per heavy atom. The number of rotatable bonds is 7. The summed E-state index contributed by atoms with van der Waals surface area (Å²) in [4.78, 5) is 17.2. The summed E-state index contributed by atoms with van der Waals surface area (Å²) in [6.45, 7) is 5.44. The lowest BCUT2D eigenvalue weighted by Crippen LogP contribution is -2.30. The molecule has 0 aliphatic carbocycles. The molecular weight excluding hydrogens is 326 g/mol. The van der Waals surface area contributed by atoms with Crippen LogP contribution in [0.25, 0.3) is 11.0 Å². The summed E-state index contributed by atoms with van der Waals surface area (Å²) in [5.74, 6) is 0.868. The van der Waals surface area contributed by atoms with Gasteiger partial charge in [-0.25, -0.2) is 4.98 Å². The largest absolute Gasteiger partial charge is 0.383 e. The van der Waals surface area contributed by atoms with Gasteiger partial charge in [-0.1, -0.05) is 30.3 Å². The van der Waals surface area contributed by atoms with E-state index in [0.717, 1.165) is 16.9 Å². The number of carbonyl (C=O) groups excluding carboxylic acids is 1. The lowest BCUT2D eigenvalue weighted by molar-refractivity contribution is -0.121. The first-order valence-electron chi connectivity index (χ1n) is 8.84. The minimum atomic E-state index is -0.0334. The van der Waals surface area contributed by atoms with Crippen molar-refractivity contribution in [2.45, 2.75) is 26.8 Å². The number of imidazole rings is 1. The molecule has 0 saturated carbocycles. The second kappa shape index (κ2) is 8.15. The topological polar surface area (TPSA) is 56.1 Å². The number of methoxy groups -OCH3 is 1. The summed E-state index contributed by atoms with van der Waals surface area (Å²) in [6.07, 6.45) is 0.693. The van der Waals surface area contributed by atoms with Crippen LogP contribution in [0.3, 0.4) is 0 Å². The van der Waals surface area contributed by atoms with Gasteiger partial charge in [-0.15, -0.1) is 0 Å². The smallest absolute Gasteiger partial charge is 0.240 e. The normalized spacial score (nSPS) is 11.0. The van der Waals surface area contributed by atoms with Crippen molar-refractivity contribution in [2.75, 3.05) is 20.3 Å². The molecule has 3 aromatic rings. The molecule has 5 nitrogen and oxygen atoms in total. The van der Waals surface area contributed by atoms with E-state index in [1.54, 1.807) is 7.11 Å². The molecule has 26 heavy (non-hydrogen) atoms. The molecule has 1 heterocycles. The van der Waals surface area contributed by atoms with Gasteiger partial charge in [-0.05, 0) is 42.7 Å². The van der Waals surface area contributed by atoms with E-state index in [1.165, 1.54) is 16.7 Å². The molecular formula is C21H25N3O2. The van der Waals surface area contributed by atoms with Crippen molar-refractivity contribution >= 4 is 16.9 Å². The van der Waals surface area contributed by atoms with Crippen LogP contribution in [0.1, 0.15) is 22.5 Å². The molecule has 136 valence electrons. The van der Waals surface area contributed by atoms with Gasteiger partial charge >= 0.3 is 0 Å². The average molecular weight is 351 g/mol. The molecule has 0 atom stereocenters. The maximum atomic E-state index is 12.4. The fraction of sp³-hybridized carbons (Fsp3) is 0.333. The number of nitrogens with one attached hydrogen (secondary N) is 1. The predicted molar refractivity (Wildman–Crippen MR) is 103 cm³/mol. The van der Waals surface area contributed by atoms with Gasteiger partial charge < -0.3 is 14.6 Å². The van der Waals surface area contributed by atoms with Crippen molar-refractivity contribution in [3.8, 4) is 0 Å². The van der Waals surface area contributed by atoms with Crippen LogP contribution in [0.2, 0.25) is 0 Å². The second-order valence-corrected chi connectivity index (χ2v) is 6.54. The highest BCUT2D eigenvalue weighted by atomic mass is 16.5. The van der Waals surface area contributed by atoms with Gasteiger partial charge in [0.25, 0.3) is 0 Å². The fourth-order valence-electron chi connectivity index (χ4n) is 3.01. The third-order valence-electron chi connectivity index (χ3n) is 4.58. The van der Waals surface area contributed by atoms with Crippen LogP contribution in [0.4, 0.5) is 0 Å². The number of aryl methyl sites for hydroxylation is 2. The molecule has 0 unspecified atom stereocenters. The summed E-state index contributed by atoms with van der Waals surface area (Å²) in [5.41, 5.74) is 5.52. The Labute approximate surface area is 154 Å². The van der Waals surface area contributed by atoms with Gasteiger partial charge in [0.05, 0.1) is 17.6 Å². The zero-order valence-electron chi connectivity index (χ0n) is 15.6. The minimum absolute atomic E-state index is 0.0334. The maximum Gasteiger partial charge on any atom is 0.240 e. The van der Waals surface area contributed by atoms with Gasteiger partial charge in [0.2, 0.25) is 5.91 Å². The Morgan fingerprint density at radius 2 is 1.88 bits per heavy atom. The molecule has 0 fully saturated rings. The zero-order valence-corrected chi connectivity index (χ0v) is 15.6. The van der Waals surface area contributed by atoms with Crippen molar-refractivity contribution in [3.63, 3.8) is 0 Å². The van der Waals surface area contributed by atoms with E-state index < -0.39 is 0 Å². The SMILES string of the molecule is COCCNC(=O)Cn1c(Cc2ccccc2)nc2cc(C)c(C)cc21. The van der Waals surface area contributed by atoms with E-state index in [4.69, 9.17) is 9.72 Å². The van der Waals surface area contributed by atoms with Crippen molar-refractivity contribution in [2.24, 2.45) is 0 Å². The summed E-state index contributed by atoms with van der Waals surface area (Å²) in [5, 5.41) is 2.89. The minimum Gasteiger partial charge on any atom is -0.383 e. The number of hydrogen-bond donors (Lipinski definition) is 1. The van der Waals surface area contributed by atoms with E-state index in [1.807, 2.05) is 22.8 Å². The van der Waals surface area contributed by atoms with Crippen molar-refractivity contribution in [1.29, 1.82) is 0 Å². The zero-order chi connectivity index (χ0) is 18.5. The van der Waals surface area contributed by atoms with Crippen LogP contribution in [0.5, 0.6) is 0 Å². The molecule has 3 rings (SSSR count). The Balaban J connectivity index is 1.95. The van der Waals surface area contributed by atoms with E-state index in [-0.39, 0.29) is 12.5 Å². The molecule has 1 amide bonds. The first-order valence-corrected chi connectivity index (χ1v) is 8.84. The molecule has 2 aromatic carbocycles. The number of aromatic nitrogens is 2. The molecule has 5 heteroatoms. The van der Waals surface area contributed by atoms with E-state index in [9.17, 15) is 4.79 Å². The quantitative estimate of drug-likeness (QED) is 0.666. The summed E-state index contributed by atoms with van der Waals surface area (Å²) in [7, 11) is 1.62. The number of fused-ring (bicyclic) bond motifs is 1. The summed E-state index contributed by atoms with van der Waals surface area (Å²) < 4.78 is 7.02. The van der Waals surface area contributed by atoms with Crippen LogP contribution in [0, 0.1) is 13.8 Å². The lowest BCUT2D eigenvalue weighted by atomic mass is 10.1. The molecule has 0 aliphatic heterocycles. The van der Waals surface area contributed by atoms with Crippen molar-refractivity contribution < 1.29 is 9.53 Å². The number of benzene rings is 2. The van der Waals surface area contributed by atoms with Crippen LogP contribution in [0.15, 0.2) is 42.5 Å². The highest BCUT2D eigenvalue weighted by molar-refractivity contribution is 5.82. The van der Waals surface area contributed by atoms with Crippen LogP contribution < -0.4 is 5.32 Å². The number of carbonyl (C=O) groups is 1. The van der Waals surface area contributed by atoms with E-state index >= 15 is 0 Å². The summed E-state index contributed by atoms with van der Waals surface area (Å²) >= 11 is 0. The van der Waals surface area contributed by atoms with Crippen molar-refractivity contribution in [3.05, 3.63) is 65.0 Å². The standard InChI is InChI=1S/C21H25N3O2/c1-15-11-18-19(12-16(15)2)24(14-21(25)22-9-10-26-3)20(23-18)13-17-7-5-4-6-8-17/h4-8,11-12H,9-10,13-14H2,1-3H3,(H,22,25). The molecule has 0 saturated heterocycles. The number of nitrogens with zero attached hydrogens (tertiary/aromatic N) is 2. The van der Waals surface area contributed by atoms with E-state index in [2.05, 4.69) is 43.4 Å². The van der Waals surface area contributed by atoms with Gasteiger partial charge in [0.15, 0.2) is 0 Å². The molecule has 0 radical (unpaired) electrons. The number of ether oxygens (including phenoxy) is 1. The Hall–Kier alpha value is -2.66. The van der Waals surface area contributed by atoms with Crippen LogP contribution in [-0.4, -0.2) is 35.7 Å².